The van der Waals surface area contributed by atoms with Gasteiger partial charge in [0.2, 0.25) is 5.91 Å². The number of aryl methyl sites for hydroxylation is 1. The van der Waals surface area contributed by atoms with Gasteiger partial charge in [0.05, 0.1) is 0 Å². The van der Waals surface area contributed by atoms with Crippen molar-refractivity contribution in [2.75, 3.05) is 0 Å². The summed E-state index contributed by atoms with van der Waals surface area (Å²) >= 11 is 0. The molecule has 0 aromatic heterocycles. The number of hydrogen-bond donors (Lipinski definition) is 2. The van der Waals surface area contributed by atoms with Crippen LogP contribution in [0.15, 0.2) is 30.4 Å². The number of aliphatic carboxylic acids is 1. The van der Waals surface area contributed by atoms with Crippen LogP contribution in [0.2, 0.25) is 0 Å². The van der Waals surface area contributed by atoms with Gasteiger partial charge in [0.15, 0.2) is 6.04 Å². The summed E-state index contributed by atoms with van der Waals surface area (Å²) in [5, 5.41) is 11.8. The van der Waals surface area contributed by atoms with Crippen LogP contribution in [0, 0.1) is 18.7 Å². The van der Waals surface area contributed by atoms with E-state index in [9.17, 15) is 19.1 Å². The molecule has 4 nitrogen and oxygen atoms in total. The van der Waals surface area contributed by atoms with Crippen LogP contribution >= 0.6 is 0 Å². The third kappa shape index (κ3) is 3.04. The number of halogens is 1. The SMILES string of the molecule is Cc1cc(C(NC(=O)C2CC=CC2)C(=O)O)ccc1F. The van der Waals surface area contributed by atoms with Crippen molar-refractivity contribution in [3.63, 3.8) is 0 Å². The van der Waals surface area contributed by atoms with E-state index in [1.165, 1.54) is 18.2 Å². The number of nitrogens with one attached hydrogen (secondary N) is 1. The molecule has 0 bridgehead atoms. The zero-order valence-corrected chi connectivity index (χ0v) is 11.1. The summed E-state index contributed by atoms with van der Waals surface area (Å²) in [5.41, 5.74) is 0.723. The Morgan fingerprint density at radius 3 is 2.55 bits per heavy atom. The Balaban J connectivity index is 2.16. The smallest absolute Gasteiger partial charge is 0.330 e. The average Bonchev–Trinajstić information content (AvgIpc) is 2.93. The number of amides is 1. The van der Waals surface area contributed by atoms with E-state index in [4.69, 9.17) is 0 Å². The maximum atomic E-state index is 13.2. The molecule has 20 heavy (non-hydrogen) atoms. The van der Waals surface area contributed by atoms with E-state index in [-0.39, 0.29) is 11.8 Å². The standard InChI is InChI=1S/C15H16FNO3/c1-9-8-11(6-7-12(9)16)13(15(19)20)17-14(18)10-4-2-3-5-10/h2-3,6-8,10,13H,4-5H2,1H3,(H,17,18)(H,19,20). The van der Waals surface area contributed by atoms with Crippen molar-refractivity contribution < 1.29 is 19.1 Å². The molecule has 2 rings (SSSR count). The molecule has 1 aliphatic carbocycles. The molecule has 1 aliphatic rings. The van der Waals surface area contributed by atoms with Crippen molar-refractivity contribution in [2.45, 2.75) is 25.8 Å². The second-order valence-corrected chi connectivity index (χ2v) is 4.93. The molecule has 1 atom stereocenters. The lowest BCUT2D eigenvalue weighted by Crippen LogP contribution is -2.37. The number of carboxylic acids is 1. The minimum absolute atomic E-state index is 0.210. The zero-order valence-electron chi connectivity index (χ0n) is 11.1. The van der Waals surface area contributed by atoms with Gasteiger partial charge in [0.1, 0.15) is 5.82 Å². The van der Waals surface area contributed by atoms with E-state index in [0.29, 0.717) is 24.0 Å². The quantitative estimate of drug-likeness (QED) is 0.830. The molecule has 1 aromatic carbocycles. The Labute approximate surface area is 116 Å². The lowest BCUT2D eigenvalue weighted by atomic mass is 10.0. The van der Waals surface area contributed by atoms with E-state index in [0.717, 1.165) is 0 Å². The highest BCUT2D eigenvalue weighted by molar-refractivity contribution is 5.86. The van der Waals surface area contributed by atoms with E-state index < -0.39 is 17.8 Å². The molecule has 5 heteroatoms. The molecule has 0 saturated carbocycles. The summed E-state index contributed by atoms with van der Waals surface area (Å²) < 4.78 is 13.2. The van der Waals surface area contributed by atoms with E-state index in [2.05, 4.69) is 5.32 Å². The number of carbonyl (C=O) groups excluding carboxylic acids is 1. The van der Waals surface area contributed by atoms with Gasteiger partial charge in [0.25, 0.3) is 0 Å². The van der Waals surface area contributed by atoms with Crippen LogP contribution in [0.4, 0.5) is 4.39 Å². The van der Waals surface area contributed by atoms with E-state index in [1.54, 1.807) is 6.92 Å². The third-order valence-electron chi connectivity index (χ3n) is 3.43. The van der Waals surface area contributed by atoms with Gasteiger partial charge < -0.3 is 10.4 Å². The summed E-state index contributed by atoms with van der Waals surface area (Å²) in [6.07, 6.45) is 5.06. The molecule has 1 unspecified atom stereocenters. The topological polar surface area (TPSA) is 66.4 Å². The fourth-order valence-electron chi connectivity index (χ4n) is 2.23. The summed E-state index contributed by atoms with van der Waals surface area (Å²) in [5.74, 6) is -2.05. The van der Waals surface area contributed by atoms with Crippen LogP contribution in [0.25, 0.3) is 0 Å². The maximum absolute atomic E-state index is 13.2. The minimum atomic E-state index is -1.16. The highest BCUT2D eigenvalue weighted by Crippen LogP contribution is 2.21. The molecular weight excluding hydrogens is 261 g/mol. The van der Waals surface area contributed by atoms with Gasteiger partial charge in [-0.15, -0.1) is 0 Å². The first-order valence-electron chi connectivity index (χ1n) is 6.43. The van der Waals surface area contributed by atoms with Crippen LogP contribution in [-0.4, -0.2) is 17.0 Å². The Kier molecular flexibility index (Phi) is 4.17. The van der Waals surface area contributed by atoms with Crippen LogP contribution < -0.4 is 5.32 Å². The minimum Gasteiger partial charge on any atom is -0.479 e. The number of hydrogen-bond acceptors (Lipinski definition) is 2. The lowest BCUT2D eigenvalue weighted by Gasteiger charge is -2.18. The van der Waals surface area contributed by atoms with Gasteiger partial charge in [-0.1, -0.05) is 24.3 Å². The predicted molar refractivity (Wildman–Crippen MR) is 71.5 cm³/mol. The Morgan fingerprint density at radius 1 is 1.35 bits per heavy atom. The number of carbonyl (C=O) groups is 2. The summed E-state index contributed by atoms with van der Waals surface area (Å²) in [7, 11) is 0. The molecule has 1 amide bonds. The van der Waals surface area contributed by atoms with Crippen LogP contribution in [0.1, 0.15) is 30.0 Å². The fraction of sp³-hybridized carbons (Fsp3) is 0.333. The summed E-state index contributed by atoms with van der Waals surface area (Å²) in [6.45, 7) is 1.56. The highest BCUT2D eigenvalue weighted by Gasteiger charge is 2.27. The monoisotopic (exact) mass is 277 g/mol. The number of rotatable bonds is 4. The van der Waals surface area contributed by atoms with Gasteiger partial charge in [-0.05, 0) is 37.0 Å². The molecule has 0 fully saturated rings. The highest BCUT2D eigenvalue weighted by atomic mass is 19.1. The van der Waals surface area contributed by atoms with Crippen LogP contribution in [0.5, 0.6) is 0 Å². The molecular formula is C15H16FNO3. The molecule has 106 valence electrons. The molecule has 1 aromatic rings. The summed E-state index contributed by atoms with van der Waals surface area (Å²) in [6, 6.07) is 2.89. The number of carboxylic acid groups (broad SMARTS) is 1. The van der Waals surface area contributed by atoms with Crippen LogP contribution in [0.3, 0.4) is 0 Å². The predicted octanol–water partition coefficient (Wildman–Crippen LogP) is 2.34. The second kappa shape index (κ2) is 5.86. The molecule has 0 aliphatic heterocycles. The Morgan fingerprint density at radius 2 is 2.00 bits per heavy atom. The average molecular weight is 277 g/mol. The van der Waals surface area contributed by atoms with Gasteiger partial charge in [0, 0.05) is 5.92 Å². The second-order valence-electron chi connectivity index (χ2n) is 4.93. The number of benzene rings is 1. The van der Waals surface area contributed by atoms with Crippen molar-refractivity contribution in [3.8, 4) is 0 Å². The first-order valence-corrected chi connectivity index (χ1v) is 6.43. The lowest BCUT2D eigenvalue weighted by molar-refractivity contribution is -0.142. The summed E-state index contributed by atoms with van der Waals surface area (Å²) in [4.78, 5) is 23.3. The third-order valence-corrected chi connectivity index (χ3v) is 3.43. The normalized spacial score (nSPS) is 16.1. The van der Waals surface area contributed by atoms with Crippen LogP contribution in [-0.2, 0) is 9.59 Å². The Bertz CT molecular complexity index is 560. The number of allylic oxidation sites excluding steroid dienone is 2. The fourth-order valence-corrected chi connectivity index (χ4v) is 2.23. The van der Waals surface area contributed by atoms with Crippen molar-refractivity contribution in [1.82, 2.24) is 5.32 Å². The molecule has 0 heterocycles. The molecule has 0 spiro atoms. The van der Waals surface area contributed by atoms with Crippen molar-refractivity contribution in [2.24, 2.45) is 5.92 Å². The molecule has 0 saturated heterocycles. The maximum Gasteiger partial charge on any atom is 0.330 e. The first kappa shape index (κ1) is 14.2. The molecule has 0 radical (unpaired) electrons. The van der Waals surface area contributed by atoms with E-state index in [1.807, 2.05) is 12.2 Å². The van der Waals surface area contributed by atoms with Gasteiger partial charge in [-0.25, -0.2) is 9.18 Å². The first-order chi connectivity index (χ1) is 9.49. The van der Waals surface area contributed by atoms with Crippen molar-refractivity contribution >= 4 is 11.9 Å². The van der Waals surface area contributed by atoms with E-state index >= 15 is 0 Å². The van der Waals surface area contributed by atoms with Gasteiger partial charge >= 0.3 is 5.97 Å². The zero-order chi connectivity index (χ0) is 14.7. The Hall–Kier alpha value is -2.17. The molecule has 2 N–H and O–H groups in total. The van der Waals surface area contributed by atoms with Crippen molar-refractivity contribution in [1.29, 1.82) is 0 Å². The van der Waals surface area contributed by atoms with Crippen molar-refractivity contribution in [3.05, 3.63) is 47.3 Å². The van der Waals surface area contributed by atoms with Gasteiger partial charge in [-0.2, -0.15) is 0 Å². The van der Waals surface area contributed by atoms with Gasteiger partial charge in [-0.3, -0.25) is 4.79 Å². The largest absolute Gasteiger partial charge is 0.479 e.